The van der Waals surface area contributed by atoms with Crippen molar-refractivity contribution in [2.45, 2.75) is 50.7 Å². The van der Waals surface area contributed by atoms with Crippen molar-refractivity contribution in [2.24, 2.45) is 0 Å². The summed E-state index contributed by atoms with van der Waals surface area (Å²) in [5.41, 5.74) is 1.98. The fourth-order valence-corrected chi connectivity index (χ4v) is 3.38. The van der Waals surface area contributed by atoms with E-state index in [2.05, 4.69) is 21.6 Å². The summed E-state index contributed by atoms with van der Waals surface area (Å²) in [7, 11) is 0. The molecule has 3 rings (SSSR count). The topological polar surface area (TPSA) is 64.6 Å². The molecule has 0 atom stereocenters. The number of rotatable bonds is 3. The molecular formula is C17H25N3O2. The van der Waals surface area contributed by atoms with Gasteiger partial charge in [0, 0.05) is 19.1 Å². The molecule has 1 aliphatic carbocycles. The van der Waals surface area contributed by atoms with Crippen molar-refractivity contribution in [3.05, 3.63) is 24.3 Å². The van der Waals surface area contributed by atoms with E-state index in [1.807, 2.05) is 18.2 Å². The Balaban J connectivity index is 1.59. The molecule has 5 heteroatoms. The van der Waals surface area contributed by atoms with Gasteiger partial charge >= 0.3 is 6.03 Å². The van der Waals surface area contributed by atoms with Gasteiger partial charge in [0.05, 0.1) is 17.5 Å². The predicted molar refractivity (Wildman–Crippen MR) is 88.3 cm³/mol. The Morgan fingerprint density at radius 2 is 1.77 bits per heavy atom. The zero-order valence-electron chi connectivity index (χ0n) is 12.9. The zero-order valence-corrected chi connectivity index (χ0v) is 12.9. The lowest BCUT2D eigenvalue weighted by Gasteiger charge is -2.27. The Kier molecular flexibility index (Phi) is 4.83. The van der Waals surface area contributed by atoms with Gasteiger partial charge in [0.15, 0.2) is 0 Å². The van der Waals surface area contributed by atoms with Gasteiger partial charge in [-0.3, -0.25) is 0 Å². The lowest BCUT2D eigenvalue weighted by molar-refractivity contribution is 0.118. The minimum Gasteiger partial charge on any atom is -0.393 e. The van der Waals surface area contributed by atoms with Crippen LogP contribution in [0.5, 0.6) is 0 Å². The molecule has 0 radical (unpaired) electrons. The Labute approximate surface area is 131 Å². The zero-order chi connectivity index (χ0) is 15.4. The minimum atomic E-state index is -0.197. The third-order valence-electron chi connectivity index (χ3n) is 4.63. The summed E-state index contributed by atoms with van der Waals surface area (Å²) >= 11 is 0. The van der Waals surface area contributed by atoms with E-state index >= 15 is 0 Å². The van der Waals surface area contributed by atoms with Crippen LogP contribution < -0.4 is 15.5 Å². The minimum absolute atomic E-state index is 0.145. The van der Waals surface area contributed by atoms with Crippen LogP contribution in [0.25, 0.3) is 0 Å². The largest absolute Gasteiger partial charge is 0.393 e. The van der Waals surface area contributed by atoms with Crippen LogP contribution in [0.4, 0.5) is 16.2 Å². The monoisotopic (exact) mass is 303 g/mol. The SMILES string of the molecule is O=C(Nc1ccccc1N1CCCC1)NC1CCC(O)CC1. The molecule has 0 aromatic heterocycles. The first-order valence-corrected chi connectivity index (χ1v) is 8.32. The highest BCUT2D eigenvalue weighted by molar-refractivity contribution is 5.93. The number of benzene rings is 1. The Morgan fingerprint density at radius 3 is 2.50 bits per heavy atom. The van der Waals surface area contributed by atoms with Crippen LogP contribution in [0.15, 0.2) is 24.3 Å². The van der Waals surface area contributed by atoms with Crippen LogP contribution in [-0.2, 0) is 0 Å². The van der Waals surface area contributed by atoms with Crippen LogP contribution in [0, 0.1) is 0 Å². The maximum Gasteiger partial charge on any atom is 0.319 e. The molecule has 5 nitrogen and oxygen atoms in total. The van der Waals surface area contributed by atoms with E-state index in [0.29, 0.717) is 0 Å². The summed E-state index contributed by atoms with van der Waals surface area (Å²) in [5, 5.41) is 15.5. The van der Waals surface area contributed by atoms with E-state index in [9.17, 15) is 9.90 Å². The maximum absolute atomic E-state index is 12.2. The smallest absolute Gasteiger partial charge is 0.319 e. The first-order valence-electron chi connectivity index (χ1n) is 8.32. The third-order valence-corrected chi connectivity index (χ3v) is 4.63. The second-order valence-corrected chi connectivity index (χ2v) is 6.32. The third kappa shape index (κ3) is 3.71. The van der Waals surface area contributed by atoms with Crippen molar-refractivity contribution >= 4 is 17.4 Å². The fourth-order valence-electron chi connectivity index (χ4n) is 3.38. The van der Waals surface area contributed by atoms with Crippen LogP contribution in [0.3, 0.4) is 0 Å². The van der Waals surface area contributed by atoms with Gasteiger partial charge in [-0.15, -0.1) is 0 Å². The molecule has 1 saturated carbocycles. The van der Waals surface area contributed by atoms with Gasteiger partial charge in [-0.05, 0) is 50.7 Å². The molecule has 120 valence electrons. The molecule has 1 heterocycles. The summed E-state index contributed by atoms with van der Waals surface area (Å²) in [6, 6.07) is 8.01. The number of aliphatic hydroxyl groups excluding tert-OH is 1. The van der Waals surface area contributed by atoms with E-state index in [0.717, 1.165) is 50.1 Å². The first kappa shape index (κ1) is 15.2. The van der Waals surface area contributed by atoms with Crippen LogP contribution in [0.1, 0.15) is 38.5 Å². The molecular weight excluding hydrogens is 278 g/mol. The predicted octanol–water partition coefficient (Wildman–Crippen LogP) is 2.71. The van der Waals surface area contributed by atoms with Crippen molar-refractivity contribution < 1.29 is 9.90 Å². The van der Waals surface area contributed by atoms with Crippen molar-refractivity contribution in [3.8, 4) is 0 Å². The maximum atomic E-state index is 12.2. The van der Waals surface area contributed by atoms with Crippen LogP contribution >= 0.6 is 0 Å². The molecule has 0 bridgehead atoms. The number of nitrogens with zero attached hydrogens (tertiary/aromatic N) is 1. The number of urea groups is 1. The van der Waals surface area contributed by atoms with Gasteiger partial charge < -0.3 is 20.6 Å². The average molecular weight is 303 g/mol. The molecule has 2 fully saturated rings. The molecule has 1 aromatic carbocycles. The normalized spacial score (nSPS) is 25.0. The van der Waals surface area contributed by atoms with Gasteiger partial charge in [0.1, 0.15) is 0 Å². The van der Waals surface area contributed by atoms with Crippen molar-refractivity contribution in [1.82, 2.24) is 5.32 Å². The highest BCUT2D eigenvalue weighted by Gasteiger charge is 2.21. The molecule has 22 heavy (non-hydrogen) atoms. The highest BCUT2D eigenvalue weighted by atomic mass is 16.3. The summed E-state index contributed by atoms with van der Waals surface area (Å²) < 4.78 is 0. The summed E-state index contributed by atoms with van der Waals surface area (Å²) in [5.74, 6) is 0. The molecule has 1 aliphatic heterocycles. The lowest BCUT2D eigenvalue weighted by Crippen LogP contribution is -2.41. The fraction of sp³-hybridized carbons (Fsp3) is 0.588. The van der Waals surface area contributed by atoms with E-state index in [1.165, 1.54) is 12.8 Å². The molecule has 1 aromatic rings. The standard InChI is InChI=1S/C17H25N3O2/c21-14-9-7-13(8-10-14)18-17(22)19-15-5-1-2-6-16(15)20-11-3-4-12-20/h1-2,5-6,13-14,21H,3-4,7-12H2,(H2,18,19,22). The van der Waals surface area contributed by atoms with Gasteiger partial charge in [-0.2, -0.15) is 0 Å². The Bertz CT molecular complexity index is 506. The number of anilines is 2. The number of carbonyl (C=O) groups excluding carboxylic acids is 1. The van der Waals surface area contributed by atoms with Crippen LogP contribution in [-0.4, -0.2) is 36.4 Å². The molecule has 1 saturated heterocycles. The molecule has 0 unspecified atom stereocenters. The molecule has 3 N–H and O–H groups in total. The Morgan fingerprint density at radius 1 is 1.09 bits per heavy atom. The number of para-hydroxylation sites is 2. The summed E-state index contributed by atoms with van der Waals surface area (Å²) in [4.78, 5) is 14.6. The number of hydrogen-bond acceptors (Lipinski definition) is 3. The lowest BCUT2D eigenvalue weighted by atomic mass is 9.93. The van der Waals surface area contributed by atoms with Crippen molar-refractivity contribution in [1.29, 1.82) is 0 Å². The van der Waals surface area contributed by atoms with Crippen molar-refractivity contribution in [3.63, 3.8) is 0 Å². The second-order valence-electron chi connectivity index (χ2n) is 6.32. The molecule has 0 spiro atoms. The van der Waals surface area contributed by atoms with Crippen molar-refractivity contribution in [2.75, 3.05) is 23.3 Å². The first-order chi connectivity index (χ1) is 10.7. The van der Waals surface area contributed by atoms with Crippen LogP contribution in [0.2, 0.25) is 0 Å². The summed E-state index contributed by atoms with van der Waals surface area (Å²) in [6.07, 6.45) is 5.47. The quantitative estimate of drug-likeness (QED) is 0.804. The number of hydrogen-bond donors (Lipinski definition) is 3. The van der Waals surface area contributed by atoms with E-state index < -0.39 is 0 Å². The van der Waals surface area contributed by atoms with E-state index in [4.69, 9.17) is 0 Å². The molecule has 2 amide bonds. The van der Waals surface area contributed by atoms with E-state index in [1.54, 1.807) is 0 Å². The average Bonchev–Trinajstić information content (AvgIpc) is 3.04. The van der Waals surface area contributed by atoms with Gasteiger partial charge in [-0.25, -0.2) is 4.79 Å². The molecule has 2 aliphatic rings. The second kappa shape index (κ2) is 7.01. The number of nitrogens with one attached hydrogen (secondary N) is 2. The Hall–Kier alpha value is -1.75. The van der Waals surface area contributed by atoms with Gasteiger partial charge in [0.2, 0.25) is 0 Å². The number of amides is 2. The van der Waals surface area contributed by atoms with E-state index in [-0.39, 0.29) is 18.2 Å². The summed E-state index contributed by atoms with van der Waals surface area (Å²) in [6.45, 7) is 2.11. The highest BCUT2D eigenvalue weighted by Crippen LogP contribution is 2.28. The van der Waals surface area contributed by atoms with Gasteiger partial charge in [0.25, 0.3) is 0 Å². The van der Waals surface area contributed by atoms with Gasteiger partial charge in [-0.1, -0.05) is 12.1 Å². The number of carbonyl (C=O) groups is 1. The number of aliphatic hydroxyl groups is 1.